The average molecular weight is 350 g/mol. The lowest BCUT2D eigenvalue weighted by Crippen LogP contribution is -2.27. The van der Waals surface area contributed by atoms with Crippen molar-refractivity contribution in [1.82, 2.24) is 9.88 Å². The summed E-state index contributed by atoms with van der Waals surface area (Å²) in [6.07, 6.45) is 0.387. The normalized spacial score (nSPS) is 10.7. The monoisotopic (exact) mass is 350 g/mol. The van der Waals surface area contributed by atoms with Crippen LogP contribution in [0.1, 0.15) is 21.0 Å². The highest BCUT2D eigenvalue weighted by molar-refractivity contribution is 7.12. The zero-order valence-corrected chi connectivity index (χ0v) is 15.6. The van der Waals surface area contributed by atoms with Crippen LogP contribution < -0.4 is 0 Å². The Kier molecular flexibility index (Phi) is 5.29. The van der Waals surface area contributed by atoms with Crippen LogP contribution in [0.3, 0.4) is 0 Å². The molecule has 1 amide bonds. The van der Waals surface area contributed by atoms with E-state index in [1.54, 1.807) is 16.2 Å². The van der Waals surface area contributed by atoms with Crippen molar-refractivity contribution in [3.05, 3.63) is 75.6 Å². The molecule has 0 aliphatic heterocycles. The van der Waals surface area contributed by atoms with Crippen LogP contribution in [0.15, 0.2) is 54.6 Å². The van der Waals surface area contributed by atoms with Crippen LogP contribution in [0.4, 0.5) is 0 Å². The molecule has 0 spiro atoms. The highest BCUT2D eigenvalue weighted by atomic mass is 32.1. The fourth-order valence-electron chi connectivity index (χ4n) is 2.74. The molecule has 25 heavy (non-hydrogen) atoms. The van der Waals surface area contributed by atoms with E-state index in [0.29, 0.717) is 13.0 Å². The molecular formula is C21H22N2OS. The number of carbonyl (C=O) groups is 1. The number of benzene rings is 2. The first-order valence-electron chi connectivity index (χ1n) is 8.34. The van der Waals surface area contributed by atoms with Gasteiger partial charge in [0.2, 0.25) is 5.91 Å². The Hall–Kier alpha value is -2.46. The van der Waals surface area contributed by atoms with Gasteiger partial charge in [-0.3, -0.25) is 4.79 Å². The largest absolute Gasteiger partial charge is 0.341 e. The summed E-state index contributed by atoms with van der Waals surface area (Å²) in [4.78, 5) is 20.1. The summed E-state index contributed by atoms with van der Waals surface area (Å²) in [6.45, 7) is 4.68. The molecule has 3 rings (SSSR count). The standard InChI is InChI=1S/C21H22N2OS/c1-15-9-11-18(12-10-15)21-19(25-16(2)22-21)13-20(24)23(3)14-17-7-5-4-6-8-17/h4-12H,13-14H2,1-3H3. The van der Waals surface area contributed by atoms with Gasteiger partial charge < -0.3 is 4.90 Å². The van der Waals surface area contributed by atoms with Crippen LogP contribution >= 0.6 is 11.3 Å². The zero-order valence-electron chi connectivity index (χ0n) is 14.8. The molecule has 0 saturated carbocycles. The molecule has 0 N–H and O–H groups in total. The summed E-state index contributed by atoms with van der Waals surface area (Å²) in [7, 11) is 1.86. The molecule has 0 atom stereocenters. The van der Waals surface area contributed by atoms with E-state index in [4.69, 9.17) is 0 Å². The number of thiazole rings is 1. The SMILES string of the molecule is Cc1ccc(-c2nc(C)sc2CC(=O)N(C)Cc2ccccc2)cc1. The lowest BCUT2D eigenvalue weighted by molar-refractivity contribution is -0.129. The molecule has 0 unspecified atom stereocenters. The predicted molar refractivity (Wildman–Crippen MR) is 104 cm³/mol. The third-order valence-electron chi connectivity index (χ3n) is 4.13. The van der Waals surface area contributed by atoms with Gasteiger partial charge in [-0.05, 0) is 19.4 Å². The van der Waals surface area contributed by atoms with Gasteiger partial charge in [-0.2, -0.15) is 0 Å². The minimum atomic E-state index is 0.112. The van der Waals surface area contributed by atoms with Crippen LogP contribution in [-0.4, -0.2) is 22.8 Å². The number of rotatable bonds is 5. The van der Waals surface area contributed by atoms with Crippen LogP contribution in [-0.2, 0) is 17.8 Å². The van der Waals surface area contributed by atoms with E-state index in [1.807, 2.05) is 44.3 Å². The van der Waals surface area contributed by atoms with E-state index in [2.05, 4.69) is 36.2 Å². The zero-order chi connectivity index (χ0) is 17.8. The van der Waals surface area contributed by atoms with Crippen molar-refractivity contribution in [2.24, 2.45) is 0 Å². The summed E-state index contributed by atoms with van der Waals surface area (Å²) in [5.74, 6) is 0.112. The second-order valence-corrected chi connectivity index (χ2v) is 7.57. The molecule has 0 bridgehead atoms. The first-order valence-corrected chi connectivity index (χ1v) is 9.16. The van der Waals surface area contributed by atoms with E-state index >= 15 is 0 Å². The molecule has 0 aliphatic carbocycles. The van der Waals surface area contributed by atoms with Gasteiger partial charge in [-0.25, -0.2) is 4.98 Å². The fourth-order valence-corrected chi connectivity index (χ4v) is 3.69. The van der Waals surface area contributed by atoms with Gasteiger partial charge in [0.15, 0.2) is 0 Å². The highest BCUT2D eigenvalue weighted by Crippen LogP contribution is 2.29. The molecule has 3 aromatic rings. The predicted octanol–water partition coefficient (Wildman–Crippen LogP) is 4.63. The van der Waals surface area contributed by atoms with Crippen molar-refractivity contribution in [2.45, 2.75) is 26.8 Å². The third-order valence-corrected chi connectivity index (χ3v) is 5.10. The number of aryl methyl sites for hydroxylation is 2. The Bertz CT molecular complexity index is 853. The topological polar surface area (TPSA) is 33.2 Å². The molecule has 128 valence electrons. The first-order chi connectivity index (χ1) is 12.0. The number of nitrogens with zero attached hydrogens (tertiary/aromatic N) is 2. The Morgan fingerprint density at radius 2 is 1.72 bits per heavy atom. The molecule has 3 nitrogen and oxygen atoms in total. The molecule has 1 aromatic heterocycles. The average Bonchev–Trinajstić information content (AvgIpc) is 2.96. The van der Waals surface area contributed by atoms with Crippen LogP contribution in [0, 0.1) is 13.8 Å². The number of hydrogen-bond acceptors (Lipinski definition) is 3. The second-order valence-electron chi connectivity index (χ2n) is 6.28. The van der Waals surface area contributed by atoms with Crippen LogP contribution in [0.25, 0.3) is 11.3 Å². The van der Waals surface area contributed by atoms with Crippen LogP contribution in [0.2, 0.25) is 0 Å². The molecule has 0 fully saturated rings. The van der Waals surface area contributed by atoms with E-state index in [9.17, 15) is 4.79 Å². The Morgan fingerprint density at radius 3 is 2.40 bits per heavy atom. The molecule has 0 saturated heterocycles. The van der Waals surface area contributed by atoms with E-state index in [0.717, 1.165) is 26.7 Å². The van der Waals surface area contributed by atoms with E-state index in [1.165, 1.54) is 5.56 Å². The third kappa shape index (κ3) is 4.34. The Labute approximate surface area is 153 Å². The minimum absolute atomic E-state index is 0.112. The van der Waals surface area contributed by atoms with Crippen molar-refractivity contribution >= 4 is 17.2 Å². The van der Waals surface area contributed by atoms with Gasteiger partial charge >= 0.3 is 0 Å². The number of hydrogen-bond donors (Lipinski definition) is 0. The van der Waals surface area contributed by atoms with Gasteiger partial charge in [-0.15, -0.1) is 11.3 Å². The van der Waals surface area contributed by atoms with Gasteiger partial charge in [0.1, 0.15) is 0 Å². The van der Waals surface area contributed by atoms with Gasteiger partial charge in [0, 0.05) is 24.0 Å². The van der Waals surface area contributed by atoms with Gasteiger partial charge in [-0.1, -0.05) is 60.2 Å². The van der Waals surface area contributed by atoms with Crippen molar-refractivity contribution in [1.29, 1.82) is 0 Å². The first kappa shape index (κ1) is 17.4. The summed E-state index contributed by atoms with van der Waals surface area (Å²) < 4.78 is 0. The quantitative estimate of drug-likeness (QED) is 0.672. The van der Waals surface area contributed by atoms with E-state index in [-0.39, 0.29) is 5.91 Å². The summed E-state index contributed by atoms with van der Waals surface area (Å²) in [5.41, 5.74) is 4.36. The maximum Gasteiger partial charge on any atom is 0.227 e. The Morgan fingerprint density at radius 1 is 1.04 bits per heavy atom. The smallest absolute Gasteiger partial charge is 0.227 e. The fraction of sp³-hybridized carbons (Fsp3) is 0.238. The second kappa shape index (κ2) is 7.62. The summed E-state index contributed by atoms with van der Waals surface area (Å²) in [6, 6.07) is 18.4. The van der Waals surface area contributed by atoms with Crippen molar-refractivity contribution < 1.29 is 4.79 Å². The molecule has 2 aromatic carbocycles. The molecular weight excluding hydrogens is 328 g/mol. The maximum absolute atomic E-state index is 12.7. The molecule has 0 radical (unpaired) electrons. The van der Waals surface area contributed by atoms with Crippen molar-refractivity contribution in [2.75, 3.05) is 7.05 Å². The summed E-state index contributed by atoms with van der Waals surface area (Å²) in [5, 5.41) is 0.990. The maximum atomic E-state index is 12.7. The lowest BCUT2D eigenvalue weighted by atomic mass is 10.1. The van der Waals surface area contributed by atoms with Gasteiger partial charge in [0.05, 0.1) is 17.1 Å². The van der Waals surface area contributed by atoms with Crippen LogP contribution in [0.5, 0.6) is 0 Å². The number of amides is 1. The highest BCUT2D eigenvalue weighted by Gasteiger charge is 2.17. The van der Waals surface area contributed by atoms with Crippen molar-refractivity contribution in [3.63, 3.8) is 0 Å². The molecule has 1 heterocycles. The number of aromatic nitrogens is 1. The van der Waals surface area contributed by atoms with Gasteiger partial charge in [0.25, 0.3) is 0 Å². The lowest BCUT2D eigenvalue weighted by Gasteiger charge is -2.17. The minimum Gasteiger partial charge on any atom is -0.341 e. The summed E-state index contributed by atoms with van der Waals surface area (Å²) >= 11 is 1.61. The molecule has 4 heteroatoms. The number of carbonyl (C=O) groups excluding carboxylic acids is 1. The van der Waals surface area contributed by atoms with Crippen molar-refractivity contribution in [3.8, 4) is 11.3 Å². The number of likely N-dealkylation sites (N-methyl/N-ethyl adjacent to an activating group) is 1. The van der Waals surface area contributed by atoms with E-state index < -0.39 is 0 Å². The molecule has 0 aliphatic rings. The Balaban J connectivity index is 1.76.